The van der Waals surface area contributed by atoms with Gasteiger partial charge in [0, 0.05) is 18.8 Å². The van der Waals surface area contributed by atoms with E-state index in [1.807, 2.05) is 16.7 Å². The number of carbonyl (C=O) groups is 2. The third-order valence-corrected chi connectivity index (χ3v) is 5.43. The number of nitrogens with one attached hydrogen (secondary N) is 1. The summed E-state index contributed by atoms with van der Waals surface area (Å²) in [4.78, 5) is 25.8. The van der Waals surface area contributed by atoms with Crippen LogP contribution in [0.4, 0.5) is 0 Å². The van der Waals surface area contributed by atoms with Crippen LogP contribution in [0.2, 0.25) is 0 Å². The van der Waals surface area contributed by atoms with Gasteiger partial charge in [-0.25, -0.2) is 0 Å². The molecule has 138 valence electrons. The van der Waals surface area contributed by atoms with E-state index < -0.39 is 6.04 Å². The quantitative estimate of drug-likeness (QED) is 0.809. The van der Waals surface area contributed by atoms with Crippen molar-refractivity contribution in [1.82, 2.24) is 25.0 Å². The highest BCUT2D eigenvalue weighted by Gasteiger charge is 2.29. The normalized spacial score (nSPS) is 17.5. The fourth-order valence-corrected chi connectivity index (χ4v) is 3.67. The zero-order valence-corrected chi connectivity index (χ0v) is 16.0. The number of aromatic nitrogens is 3. The van der Waals surface area contributed by atoms with Gasteiger partial charge in [-0.3, -0.25) is 14.2 Å². The summed E-state index contributed by atoms with van der Waals surface area (Å²) in [6.07, 6.45) is 1.65. The van der Waals surface area contributed by atoms with Crippen LogP contribution in [0.15, 0.2) is 35.7 Å². The van der Waals surface area contributed by atoms with Crippen LogP contribution in [0.1, 0.15) is 32.3 Å². The van der Waals surface area contributed by atoms with Crippen molar-refractivity contribution < 1.29 is 9.59 Å². The summed E-state index contributed by atoms with van der Waals surface area (Å²) in [6.45, 7) is 7.09. The lowest BCUT2D eigenvalue weighted by atomic mass is 10.0. The molecule has 0 radical (unpaired) electrons. The molecule has 1 fully saturated rings. The van der Waals surface area contributed by atoms with Crippen molar-refractivity contribution in [2.45, 2.75) is 37.9 Å². The van der Waals surface area contributed by atoms with Crippen molar-refractivity contribution in [2.75, 3.05) is 18.8 Å². The van der Waals surface area contributed by atoms with E-state index >= 15 is 0 Å². The summed E-state index contributed by atoms with van der Waals surface area (Å²) in [5.74, 6) is 0.519. The zero-order valence-electron chi connectivity index (χ0n) is 15.2. The van der Waals surface area contributed by atoms with Gasteiger partial charge in [-0.2, -0.15) is 0 Å². The predicted octanol–water partition coefficient (Wildman–Crippen LogP) is 1.83. The molecule has 1 saturated heterocycles. The lowest BCUT2D eigenvalue weighted by Gasteiger charge is -2.32. The molecule has 8 heteroatoms. The van der Waals surface area contributed by atoms with Crippen molar-refractivity contribution in [1.29, 1.82) is 0 Å². The number of nitrogens with zero attached hydrogens (tertiary/aromatic N) is 4. The number of amides is 2. The van der Waals surface area contributed by atoms with Gasteiger partial charge in [-0.05, 0) is 30.5 Å². The molecule has 2 heterocycles. The van der Waals surface area contributed by atoms with Gasteiger partial charge in [0.2, 0.25) is 11.8 Å². The Hall–Kier alpha value is -2.35. The standard InChI is InChI=1S/C18H23N5O2S/c1-12(2)14-4-6-15(7-5-14)23-11-20-21-18(23)26-10-16(24)22-9-8-19-17(25)13(22)3/h4-7,11-13H,8-10H2,1-3H3,(H,19,25). The maximum atomic E-state index is 12.5. The molecule has 1 aromatic heterocycles. The average Bonchev–Trinajstić information content (AvgIpc) is 3.10. The third-order valence-electron chi connectivity index (χ3n) is 4.50. The van der Waals surface area contributed by atoms with Crippen LogP contribution in [-0.4, -0.2) is 56.4 Å². The van der Waals surface area contributed by atoms with Crippen molar-refractivity contribution in [3.8, 4) is 5.69 Å². The van der Waals surface area contributed by atoms with Crippen LogP contribution >= 0.6 is 11.8 Å². The summed E-state index contributed by atoms with van der Waals surface area (Å²) < 4.78 is 1.87. The Balaban J connectivity index is 1.67. The van der Waals surface area contributed by atoms with Gasteiger partial charge in [-0.1, -0.05) is 37.7 Å². The molecule has 1 N–H and O–H groups in total. The molecule has 0 saturated carbocycles. The minimum absolute atomic E-state index is 0.0675. The molecule has 2 aromatic rings. The first-order valence-electron chi connectivity index (χ1n) is 8.67. The Morgan fingerprint density at radius 1 is 1.35 bits per heavy atom. The van der Waals surface area contributed by atoms with Gasteiger partial charge in [0.05, 0.1) is 5.75 Å². The first kappa shape index (κ1) is 18.4. The molecular weight excluding hydrogens is 350 g/mol. The van der Waals surface area contributed by atoms with Crippen molar-refractivity contribution in [2.24, 2.45) is 0 Å². The Morgan fingerprint density at radius 3 is 2.77 bits per heavy atom. The third kappa shape index (κ3) is 3.90. The van der Waals surface area contributed by atoms with E-state index in [1.165, 1.54) is 17.3 Å². The lowest BCUT2D eigenvalue weighted by molar-refractivity contribution is -0.140. The summed E-state index contributed by atoms with van der Waals surface area (Å²) in [6, 6.07) is 7.81. The number of piperazine rings is 1. The highest BCUT2D eigenvalue weighted by Crippen LogP contribution is 2.22. The van der Waals surface area contributed by atoms with E-state index in [2.05, 4.69) is 41.5 Å². The monoisotopic (exact) mass is 373 g/mol. The zero-order chi connectivity index (χ0) is 18.7. The lowest BCUT2D eigenvalue weighted by Crippen LogP contribution is -2.56. The molecule has 1 atom stereocenters. The molecule has 0 spiro atoms. The number of carbonyl (C=O) groups excluding carboxylic acids is 2. The maximum absolute atomic E-state index is 12.5. The molecule has 1 aromatic carbocycles. The van der Waals surface area contributed by atoms with Crippen LogP contribution in [0.5, 0.6) is 0 Å². The predicted molar refractivity (Wildman–Crippen MR) is 100 cm³/mol. The first-order chi connectivity index (χ1) is 12.5. The Labute approximate surface area is 157 Å². The highest BCUT2D eigenvalue weighted by molar-refractivity contribution is 7.99. The van der Waals surface area contributed by atoms with Gasteiger partial charge in [0.15, 0.2) is 5.16 Å². The first-order valence-corrected chi connectivity index (χ1v) is 9.66. The van der Waals surface area contributed by atoms with E-state index in [4.69, 9.17) is 0 Å². The van der Waals surface area contributed by atoms with E-state index in [9.17, 15) is 9.59 Å². The van der Waals surface area contributed by atoms with Gasteiger partial charge in [0.1, 0.15) is 12.4 Å². The SMILES string of the molecule is CC(C)c1ccc(-n2cnnc2SCC(=O)N2CCNC(=O)C2C)cc1. The van der Waals surface area contributed by atoms with Crippen LogP contribution in [0, 0.1) is 0 Å². The second-order valence-electron chi connectivity index (χ2n) is 6.57. The van der Waals surface area contributed by atoms with Gasteiger partial charge >= 0.3 is 0 Å². The van der Waals surface area contributed by atoms with Crippen molar-refractivity contribution in [3.63, 3.8) is 0 Å². The topological polar surface area (TPSA) is 80.1 Å². The molecule has 0 bridgehead atoms. The van der Waals surface area contributed by atoms with Crippen LogP contribution in [0.25, 0.3) is 5.69 Å². The Kier molecular flexibility index (Phi) is 5.61. The Bertz CT molecular complexity index is 787. The van der Waals surface area contributed by atoms with Gasteiger partial charge in [-0.15, -0.1) is 10.2 Å². The molecule has 2 amide bonds. The van der Waals surface area contributed by atoms with E-state index in [0.29, 0.717) is 24.2 Å². The molecule has 0 aliphatic carbocycles. The molecule has 7 nitrogen and oxygen atoms in total. The van der Waals surface area contributed by atoms with Gasteiger partial charge in [0.25, 0.3) is 0 Å². The number of rotatable bonds is 5. The van der Waals surface area contributed by atoms with Gasteiger partial charge < -0.3 is 10.2 Å². The summed E-state index contributed by atoms with van der Waals surface area (Å²) in [5, 5.41) is 11.5. The average molecular weight is 373 g/mol. The number of benzene rings is 1. The smallest absolute Gasteiger partial charge is 0.242 e. The number of hydrogen-bond donors (Lipinski definition) is 1. The fourth-order valence-electron chi connectivity index (χ4n) is 2.85. The molecular formula is C18H23N5O2S. The van der Waals surface area contributed by atoms with Crippen molar-refractivity contribution in [3.05, 3.63) is 36.2 Å². The summed E-state index contributed by atoms with van der Waals surface area (Å²) >= 11 is 1.33. The van der Waals surface area contributed by atoms with Crippen molar-refractivity contribution >= 4 is 23.6 Å². The Morgan fingerprint density at radius 2 is 2.08 bits per heavy atom. The molecule has 1 aliphatic rings. The van der Waals surface area contributed by atoms with Crippen LogP contribution in [-0.2, 0) is 9.59 Å². The molecule has 26 heavy (non-hydrogen) atoms. The van der Waals surface area contributed by atoms with Crippen LogP contribution < -0.4 is 5.32 Å². The summed E-state index contributed by atoms with van der Waals surface area (Å²) in [7, 11) is 0. The largest absolute Gasteiger partial charge is 0.353 e. The number of thioether (sulfide) groups is 1. The molecule has 1 unspecified atom stereocenters. The summed E-state index contributed by atoms with van der Waals surface area (Å²) in [5.41, 5.74) is 2.23. The van der Waals surface area contributed by atoms with E-state index in [-0.39, 0.29) is 17.6 Å². The minimum Gasteiger partial charge on any atom is -0.353 e. The highest BCUT2D eigenvalue weighted by atomic mass is 32.2. The van der Waals surface area contributed by atoms with E-state index in [0.717, 1.165) is 5.69 Å². The van der Waals surface area contributed by atoms with E-state index in [1.54, 1.807) is 18.2 Å². The second-order valence-corrected chi connectivity index (χ2v) is 7.52. The van der Waals surface area contributed by atoms with Crippen LogP contribution in [0.3, 0.4) is 0 Å². The molecule has 1 aliphatic heterocycles. The number of hydrogen-bond acceptors (Lipinski definition) is 5. The minimum atomic E-state index is -0.432. The fraction of sp³-hybridized carbons (Fsp3) is 0.444. The second kappa shape index (κ2) is 7.90. The molecule has 3 rings (SSSR count). The maximum Gasteiger partial charge on any atom is 0.242 e.